The first-order chi connectivity index (χ1) is 10.8. The van der Waals surface area contributed by atoms with Crippen molar-refractivity contribution >= 4 is 17.5 Å². The number of fused-ring (bicyclic) bond motifs is 1. The van der Waals surface area contributed by atoms with Crippen LogP contribution in [-0.2, 0) is 0 Å². The zero-order chi connectivity index (χ0) is 14.9. The minimum absolute atomic E-state index is 0.329. The summed E-state index contributed by atoms with van der Waals surface area (Å²) in [6.07, 6.45) is 0. The van der Waals surface area contributed by atoms with Crippen LogP contribution in [0.15, 0.2) is 64.9 Å². The average molecular weight is 310 g/mol. The molecule has 2 aromatic carbocycles. The Morgan fingerprint density at radius 3 is 2.55 bits per heavy atom. The molecule has 0 unspecified atom stereocenters. The maximum Gasteiger partial charge on any atom is 0.212 e. The van der Waals surface area contributed by atoms with Gasteiger partial charge >= 0.3 is 0 Å². The molecule has 0 saturated heterocycles. The topological polar surface area (TPSA) is 43.1 Å². The Labute approximate surface area is 130 Å². The van der Waals surface area contributed by atoms with Gasteiger partial charge in [0.2, 0.25) is 5.16 Å². The highest BCUT2D eigenvalue weighted by atomic mass is 32.2. The van der Waals surface area contributed by atoms with Crippen LogP contribution >= 0.6 is 11.8 Å². The number of rotatable bonds is 2. The molecule has 0 bridgehead atoms. The molecule has 1 aromatic heterocycles. The number of hydrogen-bond donors (Lipinski definition) is 0. The molecule has 3 aromatic rings. The fourth-order valence-corrected chi connectivity index (χ4v) is 3.15. The highest BCUT2D eigenvalue weighted by molar-refractivity contribution is 7.99. The lowest BCUT2D eigenvalue weighted by Gasteiger charge is -2.14. The van der Waals surface area contributed by atoms with E-state index in [-0.39, 0.29) is 5.82 Å². The van der Waals surface area contributed by atoms with Gasteiger partial charge in [-0.2, -0.15) is 9.78 Å². The summed E-state index contributed by atoms with van der Waals surface area (Å²) in [5.74, 6) is 0.817. The Morgan fingerprint density at radius 1 is 0.955 bits per heavy atom. The monoisotopic (exact) mass is 310 g/mol. The van der Waals surface area contributed by atoms with Gasteiger partial charge in [0.05, 0.1) is 11.3 Å². The Balaban J connectivity index is 1.84. The average Bonchev–Trinajstić information content (AvgIpc) is 2.99. The quantitative estimate of drug-likeness (QED) is 0.728. The first-order valence-corrected chi connectivity index (χ1v) is 7.78. The summed E-state index contributed by atoms with van der Waals surface area (Å²) in [7, 11) is 0. The van der Waals surface area contributed by atoms with Gasteiger partial charge in [-0.15, -0.1) is 10.2 Å². The van der Waals surface area contributed by atoms with Crippen LogP contribution in [0.4, 0.5) is 4.39 Å². The number of thioether (sulfide) groups is 1. The third-order valence-corrected chi connectivity index (χ3v) is 4.32. The lowest BCUT2D eigenvalue weighted by molar-refractivity contribution is 0.627. The predicted molar refractivity (Wildman–Crippen MR) is 84.5 cm³/mol. The normalized spacial score (nSPS) is 13.6. The Morgan fingerprint density at radius 2 is 1.73 bits per heavy atom. The molecule has 0 N–H and O–H groups in total. The van der Waals surface area contributed by atoms with E-state index >= 15 is 0 Å². The van der Waals surface area contributed by atoms with Crippen LogP contribution in [0.1, 0.15) is 5.56 Å². The molecule has 0 radical (unpaired) electrons. The fraction of sp³-hybridized carbons (Fsp3) is 0.0625. The zero-order valence-electron chi connectivity index (χ0n) is 11.5. The summed E-state index contributed by atoms with van der Waals surface area (Å²) in [5.41, 5.74) is 2.38. The van der Waals surface area contributed by atoms with E-state index in [9.17, 15) is 4.39 Å². The second-order valence-electron chi connectivity index (χ2n) is 4.80. The molecule has 0 atom stereocenters. The van der Waals surface area contributed by atoms with Gasteiger partial charge in [-0.25, -0.2) is 4.39 Å². The van der Waals surface area contributed by atoms with E-state index in [4.69, 9.17) is 0 Å². The first kappa shape index (κ1) is 13.2. The Hall–Kier alpha value is -2.47. The van der Waals surface area contributed by atoms with Crippen LogP contribution in [0.25, 0.3) is 11.4 Å². The second-order valence-corrected chi connectivity index (χ2v) is 5.74. The highest BCUT2D eigenvalue weighted by Crippen LogP contribution is 2.29. The van der Waals surface area contributed by atoms with Crippen molar-refractivity contribution < 1.29 is 4.39 Å². The second kappa shape index (κ2) is 5.38. The number of aromatic nitrogens is 3. The van der Waals surface area contributed by atoms with Crippen LogP contribution in [0.2, 0.25) is 0 Å². The molecule has 6 heteroatoms. The van der Waals surface area contributed by atoms with Crippen molar-refractivity contribution in [2.24, 2.45) is 5.10 Å². The van der Waals surface area contributed by atoms with Crippen molar-refractivity contribution in [3.63, 3.8) is 0 Å². The van der Waals surface area contributed by atoms with Gasteiger partial charge in [0.15, 0.2) is 5.82 Å². The molecule has 22 heavy (non-hydrogen) atoms. The number of hydrogen-bond acceptors (Lipinski definition) is 4. The van der Waals surface area contributed by atoms with Crippen molar-refractivity contribution in [3.8, 4) is 11.4 Å². The van der Waals surface area contributed by atoms with Gasteiger partial charge in [0, 0.05) is 5.75 Å². The van der Waals surface area contributed by atoms with E-state index in [2.05, 4.69) is 15.3 Å². The molecule has 4 rings (SSSR count). The predicted octanol–water partition coefficient (Wildman–Crippen LogP) is 3.44. The van der Waals surface area contributed by atoms with Crippen molar-refractivity contribution in [1.29, 1.82) is 0 Å². The van der Waals surface area contributed by atoms with Crippen LogP contribution in [0.3, 0.4) is 0 Å². The Bertz CT molecular complexity index is 858. The minimum atomic E-state index is -0.329. The van der Waals surface area contributed by atoms with E-state index < -0.39 is 0 Å². The molecule has 0 amide bonds. The van der Waals surface area contributed by atoms with E-state index in [1.165, 1.54) is 6.07 Å². The zero-order valence-corrected chi connectivity index (χ0v) is 12.3. The smallest absolute Gasteiger partial charge is 0.206 e. The molecular formula is C16H11FN4S. The van der Waals surface area contributed by atoms with Gasteiger partial charge in [-0.1, -0.05) is 54.2 Å². The van der Waals surface area contributed by atoms with Gasteiger partial charge in [0.1, 0.15) is 5.82 Å². The molecule has 1 aliphatic heterocycles. The van der Waals surface area contributed by atoms with Crippen LogP contribution < -0.4 is 0 Å². The van der Waals surface area contributed by atoms with Crippen molar-refractivity contribution in [2.45, 2.75) is 5.16 Å². The van der Waals surface area contributed by atoms with E-state index in [0.29, 0.717) is 16.5 Å². The summed E-state index contributed by atoms with van der Waals surface area (Å²) in [6.45, 7) is 0. The first-order valence-electron chi connectivity index (χ1n) is 6.79. The lowest BCUT2D eigenvalue weighted by atomic mass is 10.1. The number of benzene rings is 2. The molecule has 1 aliphatic rings. The van der Waals surface area contributed by atoms with Crippen molar-refractivity contribution in [3.05, 3.63) is 66.0 Å². The third-order valence-electron chi connectivity index (χ3n) is 3.39. The summed E-state index contributed by atoms with van der Waals surface area (Å²) in [5, 5.41) is 13.5. The summed E-state index contributed by atoms with van der Waals surface area (Å²) in [6, 6.07) is 16.5. The number of nitrogens with zero attached hydrogens (tertiary/aromatic N) is 4. The standard InChI is InChI=1S/C16H11FN4S/c17-13-9-5-4-8-12(13)15-18-19-16-21(15)20-14(10-22-16)11-6-2-1-3-7-11/h1-9H,10H2. The van der Waals surface area contributed by atoms with Gasteiger partial charge < -0.3 is 0 Å². The van der Waals surface area contributed by atoms with E-state index in [1.54, 1.807) is 34.6 Å². The summed E-state index contributed by atoms with van der Waals surface area (Å²) < 4.78 is 15.6. The number of halogens is 1. The highest BCUT2D eigenvalue weighted by Gasteiger charge is 2.21. The summed E-state index contributed by atoms with van der Waals surface area (Å²) in [4.78, 5) is 0. The van der Waals surface area contributed by atoms with Crippen molar-refractivity contribution in [1.82, 2.24) is 14.9 Å². The summed E-state index contributed by atoms with van der Waals surface area (Å²) >= 11 is 1.55. The van der Waals surface area contributed by atoms with Crippen molar-refractivity contribution in [2.75, 3.05) is 5.75 Å². The molecule has 4 nitrogen and oxygen atoms in total. The molecule has 0 aliphatic carbocycles. The Kier molecular flexibility index (Phi) is 3.23. The van der Waals surface area contributed by atoms with Crippen LogP contribution in [0, 0.1) is 5.82 Å². The van der Waals surface area contributed by atoms with Gasteiger partial charge in [-0.05, 0) is 17.7 Å². The lowest BCUT2D eigenvalue weighted by Crippen LogP contribution is -2.13. The largest absolute Gasteiger partial charge is 0.212 e. The molecule has 2 heterocycles. The van der Waals surface area contributed by atoms with Gasteiger partial charge in [-0.3, -0.25) is 0 Å². The van der Waals surface area contributed by atoms with Crippen LogP contribution in [0.5, 0.6) is 0 Å². The maximum absolute atomic E-state index is 14.0. The maximum atomic E-state index is 14.0. The third kappa shape index (κ3) is 2.21. The molecule has 108 valence electrons. The van der Waals surface area contributed by atoms with Crippen LogP contribution in [-0.4, -0.2) is 26.3 Å². The van der Waals surface area contributed by atoms with Gasteiger partial charge in [0.25, 0.3) is 0 Å². The molecule has 0 saturated carbocycles. The molecular weight excluding hydrogens is 299 g/mol. The van der Waals surface area contributed by atoms with E-state index in [1.807, 2.05) is 30.3 Å². The minimum Gasteiger partial charge on any atom is -0.206 e. The molecule has 0 spiro atoms. The van der Waals surface area contributed by atoms with E-state index in [0.717, 1.165) is 17.0 Å². The molecule has 0 fully saturated rings. The SMILES string of the molecule is Fc1ccccc1-c1nnc2n1N=C(c1ccccc1)CS2. The fourth-order valence-electron chi connectivity index (χ4n) is 2.31.